The number of rotatable bonds is 8. The van der Waals surface area contributed by atoms with E-state index in [1.54, 1.807) is 0 Å². The molecule has 8 nitrogen and oxygen atoms in total. The first kappa shape index (κ1) is 15.7. The lowest BCUT2D eigenvalue weighted by atomic mass is 10.0. The van der Waals surface area contributed by atoms with Crippen molar-refractivity contribution in [3.63, 3.8) is 0 Å². The second-order valence-electron chi connectivity index (χ2n) is 4.61. The third kappa shape index (κ3) is 5.09. The lowest BCUT2D eigenvalue weighted by Gasteiger charge is -2.11. The summed E-state index contributed by atoms with van der Waals surface area (Å²) in [6.07, 6.45) is 1.56. The molecule has 20 heavy (non-hydrogen) atoms. The molecule has 1 atom stereocenters. The molecule has 0 bridgehead atoms. The maximum Gasteiger partial charge on any atom is 0.311 e. The zero-order valence-corrected chi connectivity index (χ0v) is 11.2. The number of anilines is 2. The van der Waals surface area contributed by atoms with Gasteiger partial charge in [0.15, 0.2) is 0 Å². The number of nitrogens with zero attached hydrogens (tertiary/aromatic N) is 2. The van der Waals surface area contributed by atoms with Crippen LogP contribution in [-0.4, -0.2) is 27.5 Å². The zero-order valence-electron chi connectivity index (χ0n) is 11.2. The number of carboxylic acids is 1. The average molecular weight is 282 g/mol. The van der Waals surface area contributed by atoms with Crippen LogP contribution in [0.3, 0.4) is 0 Å². The summed E-state index contributed by atoms with van der Waals surface area (Å²) in [4.78, 5) is 24.3. The van der Waals surface area contributed by atoms with Gasteiger partial charge < -0.3 is 16.2 Å². The molecule has 0 saturated carbocycles. The van der Waals surface area contributed by atoms with Crippen molar-refractivity contribution >= 4 is 23.3 Å². The molecule has 0 spiro atoms. The molecule has 1 aromatic heterocycles. The van der Waals surface area contributed by atoms with E-state index in [1.807, 2.05) is 6.92 Å². The summed E-state index contributed by atoms with van der Waals surface area (Å²) < 4.78 is 0. The van der Waals surface area contributed by atoms with Crippen molar-refractivity contribution in [2.45, 2.75) is 26.2 Å². The van der Waals surface area contributed by atoms with E-state index in [4.69, 9.17) is 10.8 Å². The van der Waals surface area contributed by atoms with Crippen LogP contribution in [0.2, 0.25) is 0 Å². The van der Waals surface area contributed by atoms with Gasteiger partial charge in [0, 0.05) is 19.0 Å². The van der Waals surface area contributed by atoms with Crippen molar-refractivity contribution in [1.29, 1.82) is 0 Å². The quantitative estimate of drug-likeness (QED) is 0.489. The number of nitrogens with two attached hydrogens (primary N) is 1. The van der Waals surface area contributed by atoms with Gasteiger partial charge in [-0.15, -0.1) is 0 Å². The normalized spacial score (nSPS) is 11.8. The van der Waals surface area contributed by atoms with Gasteiger partial charge >= 0.3 is 11.7 Å². The molecular formula is C12H18N4O4. The molecule has 0 aliphatic carbocycles. The highest BCUT2D eigenvalue weighted by Crippen LogP contribution is 2.20. The predicted molar refractivity (Wildman–Crippen MR) is 74.4 cm³/mol. The van der Waals surface area contributed by atoms with E-state index in [0.29, 0.717) is 18.8 Å². The van der Waals surface area contributed by atoms with Crippen molar-refractivity contribution in [3.05, 3.63) is 22.2 Å². The Morgan fingerprint density at radius 1 is 1.55 bits per heavy atom. The third-order valence-electron chi connectivity index (χ3n) is 2.89. The van der Waals surface area contributed by atoms with Gasteiger partial charge in [0.1, 0.15) is 5.82 Å². The molecule has 0 fully saturated rings. The van der Waals surface area contributed by atoms with Gasteiger partial charge in [-0.3, -0.25) is 14.9 Å². The summed E-state index contributed by atoms with van der Waals surface area (Å²) in [7, 11) is 0. The van der Waals surface area contributed by atoms with E-state index in [9.17, 15) is 14.9 Å². The first-order valence-corrected chi connectivity index (χ1v) is 6.26. The van der Waals surface area contributed by atoms with Crippen LogP contribution in [0.15, 0.2) is 12.1 Å². The Kier molecular flexibility index (Phi) is 5.70. The van der Waals surface area contributed by atoms with Crippen LogP contribution < -0.4 is 11.1 Å². The molecule has 0 saturated heterocycles. The van der Waals surface area contributed by atoms with Gasteiger partial charge in [0.2, 0.25) is 5.82 Å². The minimum absolute atomic E-state index is 0.126. The Bertz CT molecular complexity index is 492. The largest absolute Gasteiger partial charge is 0.481 e. The number of pyridine rings is 1. The van der Waals surface area contributed by atoms with Crippen molar-refractivity contribution in [2.24, 2.45) is 5.92 Å². The number of carbonyl (C=O) groups is 1. The Morgan fingerprint density at radius 3 is 2.80 bits per heavy atom. The Morgan fingerprint density at radius 2 is 2.25 bits per heavy atom. The summed E-state index contributed by atoms with van der Waals surface area (Å²) in [6, 6.07) is 2.80. The Balaban J connectivity index is 2.41. The zero-order chi connectivity index (χ0) is 15.1. The number of hydrogen-bond donors (Lipinski definition) is 3. The number of carboxylic acid groups (broad SMARTS) is 1. The second kappa shape index (κ2) is 7.27. The summed E-state index contributed by atoms with van der Waals surface area (Å²) in [5, 5.41) is 22.2. The molecule has 1 aromatic rings. The standard InChI is InChI=1S/C12H18N4O4/c1-8(2-5-11(17)18)6-7-14-10-4-3-9(16(19)20)12(13)15-10/h3-4,8H,2,5-7H2,1H3,(H,17,18)(H3,13,14,15). The lowest BCUT2D eigenvalue weighted by Crippen LogP contribution is -2.10. The maximum atomic E-state index is 10.6. The van der Waals surface area contributed by atoms with Gasteiger partial charge in [-0.1, -0.05) is 6.92 Å². The smallest absolute Gasteiger partial charge is 0.311 e. The molecule has 0 aromatic carbocycles. The fraction of sp³-hybridized carbons (Fsp3) is 0.500. The van der Waals surface area contributed by atoms with Crippen LogP contribution >= 0.6 is 0 Å². The molecule has 8 heteroatoms. The van der Waals surface area contributed by atoms with Gasteiger partial charge in [-0.05, 0) is 24.8 Å². The fourth-order valence-corrected chi connectivity index (χ4v) is 1.68. The number of nitrogens with one attached hydrogen (secondary N) is 1. The van der Waals surface area contributed by atoms with Crippen molar-refractivity contribution in [3.8, 4) is 0 Å². The first-order chi connectivity index (χ1) is 9.40. The van der Waals surface area contributed by atoms with Gasteiger partial charge in [0.05, 0.1) is 4.92 Å². The van der Waals surface area contributed by atoms with Crippen LogP contribution in [-0.2, 0) is 4.79 Å². The molecule has 0 aliphatic heterocycles. The Labute approximate surface area is 116 Å². The number of aliphatic carboxylic acids is 1. The van der Waals surface area contributed by atoms with Gasteiger partial charge in [0.25, 0.3) is 0 Å². The molecule has 1 rings (SSSR count). The summed E-state index contributed by atoms with van der Waals surface area (Å²) in [5.74, 6) is -0.180. The maximum absolute atomic E-state index is 10.6. The van der Waals surface area contributed by atoms with E-state index in [0.717, 1.165) is 6.42 Å². The second-order valence-corrected chi connectivity index (χ2v) is 4.61. The number of aromatic nitrogens is 1. The SMILES string of the molecule is CC(CCNc1ccc([N+](=O)[O-])c(N)n1)CCC(=O)O. The van der Waals surface area contributed by atoms with E-state index in [1.165, 1.54) is 12.1 Å². The molecular weight excluding hydrogens is 264 g/mol. The molecule has 110 valence electrons. The van der Waals surface area contributed by atoms with Crippen LogP contribution in [0, 0.1) is 16.0 Å². The highest BCUT2D eigenvalue weighted by Gasteiger charge is 2.12. The monoisotopic (exact) mass is 282 g/mol. The first-order valence-electron chi connectivity index (χ1n) is 6.26. The van der Waals surface area contributed by atoms with Crippen molar-refractivity contribution < 1.29 is 14.8 Å². The predicted octanol–water partition coefficient (Wildman–Crippen LogP) is 1.87. The molecule has 4 N–H and O–H groups in total. The van der Waals surface area contributed by atoms with E-state index < -0.39 is 10.9 Å². The van der Waals surface area contributed by atoms with Crippen LogP contribution in [0.25, 0.3) is 0 Å². The van der Waals surface area contributed by atoms with Crippen LogP contribution in [0.1, 0.15) is 26.2 Å². The minimum Gasteiger partial charge on any atom is -0.481 e. The Hall–Kier alpha value is -2.38. The van der Waals surface area contributed by atoms with E-state index in [2.05, 4.69) is 10.3 Å². The highest BCUT2D eigenvalue weighted by molar-refractivity contribution is 5.66. The topological polar surface area (TPSA) is 131 Å². The number of hydrogen-bond acceptors (Lipinski definition) is 6. The summed E-state index contributed by atoms with van der Waals surface area (Å²) in [5.41, 5.74) is 5.26. The van der Waals surface area contributed by atoms with Gasteiger partial charge in [-0.25, -0.2) is 4.98 Å². The van der Waals surface area contributed by atoms with Crippen molar-refractivity contribution in [1.82, 2.24) is 4.98 Å². The highest BCUT2D eigenvalue weighted by atomic mass is 16.6. The minimum atomic E-state index is -0.797. The van der Waals surface area contributed by atoms with Crippen LogP contribution in [0.4, 0.5) is 17.3 Å². The fourth-order valence-electron chi connectivity index (χ4n) is 1.68. The molecule has 0 aliphatic rings. The summed E-state index contributed by atoms with van der Waals surface area (Å²) >= 11 is 0. The van der Waals surface area contributed by atoms with E-state index in [-0.39, 0.29) is 23.8 Å². The molecule has 0 amide bonds. The van der Waals surface area contributed by atoms with Gasteiger partial charge in [-0.2, -0.15) is 0 Å². The number of nitrogen functional groups attached to an aromatic ring is 1. The lowest BCUT2D eigenvalue weighted by molar-refractivity contribution is -0.384. The van der Waals surface area contributed by atoms with E-state index >= 15 is 0 Å². The number of nitro groups is 1. The van der Waals surface area contributed by atoms with Crippen LogP contribution in [0.5, 0.6) is 0 Å². The molecule has 1 heterocycles. The van der Waals surface area contributed by atoms with Crippen molar-refractivity contribution in [2.75, 3.05) is 17.6 Å². The molecule has 1 unspecified atom stereocenters. The molecule has 0 radical (unpaired) electrons. The summed E-state index contributed by atoms with van der Waals surface area (Å²) in [6.45, 7) is 2.58. The average Bonchev–Trinajstić information content (AvgIpc) is 2.36. The third-order valence-corrected chi connectivity index (χ3v) is 2.89.